The number of alkyl halides is 2. The van der Waals surface area contributed by atoms with E-state index in [9.17, 15) is 13.6 Å². The molecule has 7 heteroatoms. The predicted molar refractivity (Wildman–Crippen MR) is 107 cm³/mol. The number of amides is 1. The Bertz CT molecular complexity index is 834. The van der Waals surface area contributed by atoms with Gasteiger partial charge >= 0.3 is 6.61 Å². The van der Waals surface area contributed by atoms with Gasteiger partial charge in [0, 0.05) is 37.8 Å². The lowest BCUT2D eigenvalue weighted by atomic mass is 10.2. The van der Waals surface area contributed by atoms with Gasteiger partial charge in [-0.2, -0.15) is 8.78 Å². The summed E-state index contributed by atoms with van der Waals surface area (Å²) in [6, 6.07) is 14.0. The first kappa shape index (κ1) is 19.8. The fourth-order valence-electron chi connectivity index (χ4n) is 3.06. The van der Waals surface area contributed by atoms with Gasteiger partial charge in [0.1, 0.15) is 5.75 Å². The molecule has 1 heterocycles. The molecule has 148 valence electrons. The molecule has 0 saturated carbocycles. The number of halogens is 2. The van der Waals surface area contributed by atoms with E-state index in [1.807, 2.05) is 24.3 Å². The van der Waals surface area contributed by atoms with Crippen LogP contribution in [0.2, 0.25) is 0 Å². The number of carbonyl (C=O) groups is 1. The van der Waals surface area contributed by atoms with Crippen molar-refractivity contribution >= 4 is 23.4 Å². The second-order valence-electron chi connectivity index (χ2n) is 6.55. The molecule has 0 spiro atoms. The Morgan fingerprint density at radius 1 is 1.07 bits per heavy atom. The number of carbonyl (C=O) groups excluding carboxylic acids is 1. The molecule has 3 rings (SSSR count). The molecule has 0 atom stereocenters. The first-order chi connectivity index (χ1) is 13.5. The summed E-state index contributed by atoms with van der Waals surface area (Å²) >= 11 is 0. The highest BCUT2D eigenvalue weighted by Crippen LogP contribution is 2.27. The fourth-order valence-corrected chi connectivity index (χ4v) is 3.06. The molecule has 0 bridgehead atoms. The SMILES string of the molecule is CN1CCN(c2ccccc2NC(=O)/C=C/c2ccccc2OC(F)F)CC1. The van der Waals surface area contributed by atoms with Crippen molar-refractivity contribution in [2.45, 2.75) is 6.61 Å². The maximum absolute atomic E-state index is 12.5. The Morgan fingerprint density at radius 2 is 1.75 bits per heavy atom. The van der Waals surface area contributed by atoms with Crippen LogP contribution < -0.4 is 15.0 Å². The van der Waals surface area contributed by atoms with Crippen LogP contribution in [0.1, 0.15) is 5.56 Å². The van der Waals surface area contributed by atoms with E-state index < -0.39 is 6.61 Å². The normalized spacial score (nSPS) is 15.2. The molecular formula is C21H23F2N3O2. The maximum Gasteiger partial charge on any atom is 0.387 e. The van der Waals surface area contributed by atoms with Crippen LogP contribution in [0.15, 0.2) is 54.6 Å². The lowest BCUT2D eigenvalue weighted by Crippen LogP contribution is -2.44. The number of para-hydroxylation sites is 3. The topological polar surface area (TPSA) is 44.8 Å². The second-order valence-corrected chi connectivity index (χ2v) is 6.55. The molecule has 1 amide bonds. The van der Waals surface area contributed by atoms with Crippen LogP contribution in [0, 0.1) is 0 Å². The molecule has 0 radical (unpaired) electrons. The number of nitrogens with zero attached hydrogens (tertiary/aromatic N) is 2. The van der Waals surface area contributed by atoms with Crippen LogP contribution in [0.4, 0.5) is 20.2 Å². The average molecular weight is 387 g/mol. The molecule has 1 saturated heterocycles. The van der Waals surface area contributed by atoms with Crippen molar-refractivity contribution in [2.75, 3.05) is 43.4 Å². The smallest absolute Gasteiger partial charge is 0.387 e. The van der Waals surface area contributed by atoms with E-state index in [2.05, 4.69) is 26.9 Å². The van der Waals surface area contributed by atoms with Crippen LogP contribution in [0.25, 0.3) is 6.08 Å². The van der Waals surface area contributed by atoms with Gasteiger partial charge in [0.15, 0.2) is 0 Å². The third-order valence-electron chi connectivity index (χ3n) is 4.56. The van der Waals surface area contributed by atoms with Crippen LogP contribution in [-0.4, -0.2) is 50.6 Å². The summed E-state index contributed by atoms with van der Waals surface area (Å²) in [5, 5.41) is 2.88. The van der Waals surface area contributed by atoms with Crippen molar-refractivity contribution in [1.82, 2.24) is 4.90 Å². The van der Waals surface area contributed by atoms with Gasteiger partial charge < -0.3 is 19.9 Å². The van der Waals surface area contributed by atoms with E-state index in [1.165, 1.54) is 18.2 Å². The molecule has 5 nitrogen and oxygen atoms in total. The van der Waals surface area contributed by atoms with Crippen LogP contribution >= 0.6 is 0 Å². The number of likely N-dealkylation sites (N-methyl/N-ethyl adjacent to an activating group) is 1. The van der Waals surface area contributed by atoms with Crippen molar-refractivity contribution in [3.63, 3.8) is 0 Å². The first-order valence-corrected chi connectivity index (χ1v) is 9.08. The molecule has 1 aliphatic heterocycles. The molecule has 1 N–H and O–H groups in total. The minimum absolute atomic E-state index is 0.0272. The number of anilines is 2. The van der Waals surface area contributed by atoms with Crippen molar-refractivity contribution in [2.24, 2.45) is 0 Å². The number of ether oxygens (including phenoxy) is 1. The molecule has 2 aromatic carbocycles. The van der Waals surface area contributed by atoms with Gasteiger partial charge in [-0.25, -0.2) is 0 Å². The van der Waals surface area contributed by atoms with Gasteiger partial charge in [0.05, 0.1) is 11.4 Å². The minimum Gasteiger partial charge on any atom is -0.434 e. The van der Waals surface area contributed by atoms with E-state index in [4.69, 9.17) is 0 Å². The Balaban J connectivity index is 1.70. The van der Waals surface area contributed by atoms with Crippen molar-refractivity contribution in [3.05, 3.63) is 60.2 Å². The third-order valence-corrected chi connectivity index (χ3v) is 4.56. The van der Waals surface area contributed by atoms with Gasteiger partial charge in [0.2, 0.25) is 5.91 Å². The molecule has 1 aliphatic rings. The summed E-state index contributed by atoms with van der Waals surface area (Å²) in [5.41, 5.74) is 2.10. The summed E-state index contributed by atoms with van der Waals surface area (Å²) in [7, 11) is 2.09. The molecule has 2 aromatic rings. The largest absolute Gasteiger partial charge is 0.434 e. The van der Waals surface area contributed by atoms with Gasteiger partial charge in [0.25, 0.3) is 0 Å². The van der Waals surface area contributed by atoms with E-state index in [0.717, 1.165) is 37.6 Å². The summed E-state index contributed by atoms with van der Waals surface area (Å²) in [4.78, 5) is 16.9. The zero-order chi connectivity index (χ0) is 19.9. The lowest BCUT2D eigenvalue weighted by molar-refractivity contribution is -0.111. The first-order valence-electron chi connectivity index (χ1n) is 9.08. The highest BCUT2D eigenvalue weighted by Gasteiger charge is 2.17. The molecule has 28 heavy (non-hydrogen) atoms. The number of nitrogens with one attached hydrogen (secondary N) is 1. The number of hydrogen-bond donors (Lipinski definition) is 1. The van der Waals surface area contributed by atoms with Crippen LogP contribution in [0.5, 0.6) is 5.75 Å². The van der Waals surface area contributed by atoms with E-state index >= 15 is 0 Å². The summed E-state index contributed by atoms with van der Waals surface area (Å²) in [5.74, 6) is -0.312. The molecule has 1 fully saturated rings. The van der Waals surface area contributed by atoms with Crippen LogP contribution in [0.3, 0.4) is 0 Å². The molecule has 0 aromatic heterocycles. The maximum atomic E-state index is 12.5. The summed E-state index contributed by atoms with van der Waals surface area (Å²) in [6.07, 6.45) is 2.78. The van der Waals surface area contributed by atoms with Gasteiger partial charge in [-0.15, -0.1) is 0 Å². The fraction of sp³-hybridized carbons (Fsp3) is 0.286. The number of piperazine rings is 1. The van der Waals surface area contributed by atoms with Crippen molar-refractivity contribution in [1.29, 1.82) is 0 Å². The van der Waals surface area contributed by atoms with Crippen molar-refractivity contribution < 1.29 is 18.3 Å². The van der Waals surface area contributed by atoms with Gasteiger partial charge in [-0.05, 0) is 31.3 Å². The highest BCUT2D eigenvalue weighted by molar-refractivity contribution is 6.04. The summed E-state index contributed by atoms with van der Waals surface area (Å²) < 4.78 is 29.5. The molecule has 0 aliphatic carbocycles. The number of hydrogen-bond acceptors (Lipinski definition) is 4. The lowest BCUT2D eigenvalue weighted by Gasteiger charge is -2.35. The third kappa shape index (κ3) is 5.29. The monoisotopic (exact) mass is 387 g/mol. The Kier molecular flexibility index (Phi) is 6.60. The minimum atomic E-state index is -2.92. The number of benzene rings is 2. The predicted octanol–water partition coefficient (Wildman–Crippen LogP) is 3.69. The molecule has 0 unspecified atom stereocenters. The summed E-state index contributed by atoms with van der Waals surface area (Å²) in [6.45, 7) is 0.778. The molecular weight excluding hydrogens is 364 g/mol. The Hall–Kier alpha value is -2.93. The van der Waals surface area contributed by atoms with E-state index in [1.54, 1.807) is 18.2 Å². The zero-order valence-corrected chi connectivity index (χ0v) is 15.6. The Labute approximate surface area is 163 Å². The zero-order valence-electron chi connectivity index (χ0n) is 15.6. The van der Waals surface area contributed by atoms with Gasteiger partial charge in [-0.3, -0.25) is 4.79 Å². The standard InChI is InChI=1S/C21H23F2N3O2/c1-25-12-14-26(15-13-25)18-8-4-3-7-17(18)24-20(27)11-10-16-6-2-5-9-19(16)28-21(22)23/h2-11,21H,12-15H2,1H3,(H,24,27)/b11-10+. The van der Waals surface area contributed by atoms with E-state index in [0.29, 0.717) is 5.56 Å². The highest BCUT2D eigenvalue weighted by atomic mass is 19.3. The number of rotatable bonds is 6. The van der Waals surface area contributed by atoms with Crippen LogP contribution in [-0.2, 0) is 4.79 Å². The quantitative estimate of drug-likeness (QED) is 0.768. The Morgan fingerprint density at radius 3 is 2.50 bits per heavy atom. The second kappa shape index (κ2) is 9.32. The average Bonchev–Trinajstić information content (AvgIpc) is 2.68. The van der Waals surface area contributed by atoms with Gasteiger partial charge in [-0.1, -0.05) is 30.3 Å². The van der Waals surface area contributed by atoms with E-state index in [-0.39, 0.29) is 11.7 Å². The van der Waals surface area contributed by atoms with Crippen molar-refractivity contribution in [3.8, 4) is 5.75 Å².